The number of quaternary nitrogens is 1. The van der Waals surface area contributed by atoms with Crippen molar-refractivity contribution in [3.05, 3.63) is 71.8 Å². The van der Waals surface area contributed by atoms with Gasteiger partial charge < -0.3 is 4.48 Å². The summed E-state index contributed by atoms with van der Waals surface area (Å²) in [6, 6.07) is 21.9. The van der Waals surface area contributed by atoms with Gasteiger partial charge in [0.2, 0.25) is 0 Å². The molecule has 0 aliphatic heterocycles. The summed E-state index contributed by atoms with van der Waals surface area (Å²) in [4.78, 5) is 0. The van der Waals surface area contributed by atoms with E-state index in [4.69, 9.17) is 0 Å². The molecule has 2 aromatic rings. The number of hydrogen-bond donors (Lipinski definition) is 0. The van der Waals surface area contributed by atoms with E-state index in [9.17, 15) is 0 Å². The maximum Gasteiger partial charge on any atom is 0.120 e. The van der Waals surface area contributed by atoms with Crippen molar-refractivity contribution in [2.45, 2.75) is 31.9 Å². The second kappa shape index (κ2) is 6.16. The average Bonchev–Trinajstić information content (AvgIpc) is 2.38. The molecule has 1 atom stereocenters. The smallest absolute Gasteiger partial charge is 0.120 e. The minimum Gasteiger partial charge on any atom is -0.322 e. The molecule has 0 amide bonds. The van der Waals surface area contributed by atoms with Gasteiger partial charge in [-0.05, 0) is 0 Å². The number of benzene rings is 2. The molecule has 21 heavy (non-hydrogen) atoms. The maximum absolute atomic E-state index is 2.48. The van der Waals surface area contributed by atoms with Gasteiger partial charge in [0.1, 0.15) is 14.6 Å². The van der Waals surface area contributed by atoms with Crippen LogP contribution >= 0.6 is 0 Å². The van der Waals surface area contributed by atoms with Crippen LogP contribution in [0.3, 0.4) is 0 Å². The van der Waals surface area contributed by atoms with Crippen LogP contribution in [0.5, 0.6) is 0 Å². The molecule has 2 rings (SSSR count). The van der Waals surface area contributed by atoms with Crippen LogP contribution in [0.2, 0.25) is 19.6 Å². The Balaban J connectivity index is 2.36. The third-order valence-corrected chi connectivity index (χ3v) is 6.74. The fraction of sp³-hybridized carbons (Fsp3) is 0.368. The van der Waals surface area contributed by atoms with Gasteiger partial charge in [-0.25, -0.2) is 0 Å². The van der Waals surface area contributed by atoms with Gasteiger partial charge in [0.25, 0.3) is 0 Å². The molecule has 0 radical (unpaired) electrons. The molecule has 0 N–H and O–H groups in total. The van der Waals surface area contributed by atoms with Gasteiger partial charge in [0.05, 0.1) is 19.8 Å². The molecule has 0 heterocycles. The fourth-order valence-corrected chi connectivity index (χ4v) is 7.11. The topological polar surface area (TPSA) is 0 Å². The molecule has 0 aliphatic rings. The van der Waals surface area contributed by atoms with Gasteiger partial charge in [-0.1, -0.05) is 80.3 Å². The van der Waals surface area contributed by atoms with Crippen LogP contribution in [0, 0.1) is 0 Å². The zero-order chi connectivity index (χ0) is 15.5. The molecule has 112 valence electrons. The average molecular weight is 300 g/mol. The lowest BCUT2D eigenvalue weighted by Gasteiger charge is -2.44. The van der Waals surface area contributed by atoms with Crippen molar-refractivity contribution in [2.75, 3.05) is 14.1 Å². The summed E-state index contributed by atoms with van der Waals surface area (Å²) in [7, 11) is 3.41. The van der Waals surface area contributed by atoms with Crippen LogP contribution in [0.1, 0.15) is 16.8 Å². The Morgan fingerprint density at radius 1 is 0.810 bits per heavy atom. The highest BCUT2D eigenvalue weighted by atomic mass is 28.3. The Morgan fingerprint density at radius 3 is 1.76 bits per heavy atom. The lowest BCUT2D eigenvalue weighted by Crippen LogP contribution is -2.52. The van der Waals surface area contributed by atoms with Crippen LogP contribution < -0.4 is 0 Å². The first-order valence-electron chi connectivity index (χ1n) is 7.72. The van der Waals surface area contributed by atoms with Crippen LogP contribution in [0.4, 0.5) is 0 Å². The van der Waals surface area contributed by atoms with E-state index in [2.05, 4.69) is 94.4 Å². The summed E-state index contributed by atoms with van der Waals surface area (Å²) in [6.45, 7) is 8.52. The maximum atomic E-state index is 2.48. The van der Waals surface area contributed by atoms with E-state index in [-0.39, 0.29) is 0 Å². The number of rotatable bonds is 5. The van der Waals surface area contributed by atoms with Crippen molar-refractivity contribution in [3.63, 3.8) is 0 Å². The Labute approximate surface area is 130 Å². The minimum atomic E-state index is -1.34. The van der Waals surface area contributed by atoms with E-state index in [1.165, 1.54) is 11.1 Å². The van der Waals surface area contributed by atoms with Crippen molar-refractivity contribution in [1.29, 1.82) is 0 Å². The fourth-order valence-electron chi connectivity index (χ4n) is 3.73. The molecule has 0 saturated heterocycles. The molecule has 0 aliphatic carbocycles. The van der Waals surface area contributed by atoms with Crippen molar-refractivity contribution in [1.82, 2.24) is 0 Å². The highest BCUT2D eigenvalue weighted by Gasteiger charge is 2.40. The Morgan fingerprint density at radius 2 is 1.29 bits per heavy atom. The van der Waals surface area contributed by atoms with Crippen molar-refractivity contribution < 1.29 is 4.48 Å². The predicted molar refractivity (Wildman–Crippen MR) is 94.8 cm³/mol. The van der Waals surface area contributed by atoms with Crippen LogP contribution in [-0.2, 0) is 6.54 Å². The van der Waals surface area contributed by atoms with E-state index in [1.54, 1.807) is 0 Å². The first kappa shape index (κ1) is 16.0. The first-order valence-corrected chi connectivity index (χ1v) is 11.3. The van der Waals surface area contributed by atoms with E-state index < -0.39 is 8.07 Å². The zero-order valence-electron chi connectivity index (χ0n) is 14.0. The summed E-state index contributed by atoms with van der Waals surface area (Å²) in [5.41, 5.74) is 3.50. The number of hydrogen-bond acceptors (Lipinski definition) is 0. The highest BCUT2D eigenvalue weighted by Crippen LogP contribution is 2.35. The summed E-state index contributed by atoms with van der Waals surface area (Å²) in [5.74, 6) is 0. The summed E-state index contributed by atoms with van der Waals surface area (Å²) >= 11 is 0. The Hall–Kier alpha value is -1.38. The molecule has 1 unspecified atom stereocenters. The normalized spacial score (nSPS) is 14.0. The largest absolute Gasteiger partial charge is 0.322 e. The van der Waals surface area contributed by atoms with Crippen molar-refractivity contribution in [3.8, 4) is 0 Å². The van der Waals surface area contributed by atoms with Gasteiger partial charge >= 0.3 is 0 Å². The summed E-state index contributed by atoms with van der Waals surface area (Å²) < 4.78 is 1.02. The SMILES string of the molecule is C[N+](C)([13CH2]c1ccccc1)C(c1ccccc1)[Si](C)(C)C. The van der Waals surface area contributed by atoms with Crippen LogP contribution in [0.25, 0.3) is 0 Å². The van der Waals surface area contributed by atoms with Crippen LogP contribution in [0.15, 0.2) is 60.7 Å². The third kappa shape index (κ3) is 4.05. The van der Waals surface area contributed by atoms with E-state index in [0.29, 0.717) is 5.67 Å². The quantitative estimate of drug-likeness (QED) is 0.419. The molecule has 1 nitrogen and oxygen atoms in total. The molecule has 0 fully saturated rings. The van der Waals surface area contributed by atoms with E-state index in [1.807, 2.05) is 0 Å². The zero-order valence-corrected chi connectivity index (χ0v) is 15.0. The Bertz CT molecular complexity index is 555. The monoisotopic (exact) mass is 299 g/mol. The summed E-state index contributed by atoms with van der Waals surface area (Å²) in [5, 5.41) is 0. The molecule has 0 saturated carbocycles. The lowest BCUT2D eigenvalue weighted by atomic mass is 10.2. The molecule has 0 spiro atoms. The van der Waals surface area contributed by atoms with E-state index >= 15 is 0 Å². The second-order valence-corrected chi connectivity index (χ2v) is 12.9. The van der Waals surface area contributed by atoms with Gasteiger partial charge in [0, 0.05) is 11.1 Å². The highest BCUT2D eigenvalue weighted by molar-refractivity contribution is 6.77. The third-order valence-electron chi connectivity index (χ3n) is 4.07. The summed E-state index contributed by atoms with van der Waals surface area (Å²) in [6.07, 6.45) is 0. The van der Waals surface area contributed by atoms with Crippen LogP contribution in [-0.4, -0.2) is 26.7 Å². The second-order valence-electron chi connectivity index (χ2n) is 7.60. The van der Waals surface area contributed by atoms with E-state index in [0.717, 1.165) is 11.0 Å². The van der Waals surface area contributed by atoms with Gasteiger partial charge in [-0.3, -0.25) is 0 Å². The van der Waals surface area contributed by atoms with Crippen molar-refractivity contribution in [2.24, 2.45) is 0 Å². The van der Waals surface area contributed by atoms with Gasteiger partial charge in [-0.2, -0.15) is 0 Å². The van der Waals surface area contributed by atoms with Gasteiger partial charge in [-0.15, -0.1) is 0 Å². The number of nitrogens with zero attached hydrogens (tertiary/aromatic N) is 1. The standard InChI is InChI=1S/C19H28NSi/c1-20(2,16-17-12-8-6-9-13-17)19(21(3,4)5)18-14-10-7-11-15-18/h6-15,19H,16H2,1-5H3/q+1/i16+1. The first-order chi connectivity index (χ1) is 9.81. The molecule has 2 heteroatoms. The predicted octanol–water partition coefficient (Wildman–Crippen LogP) is 4.88. The van der Waals surface area contributed by atoms with Crippen molar-refractivity contribution >= 4 is 8.07 Å². The molecular formula is C19H28NSi+. The lowest BCUT2D eigenvalue weighted by molar-refractivity contribution is -0.922. The Kier molecular flexibility index (Phi) is 4.69. The molecule has 0 aromatic heterocycles. The molecule has 0 bridgehead atoms. The molecule has 2 aromatic carbocycles. The minimum absolute atomic E-state index is 0.596. The molecular weight excluding hydrogens is 271 g/mol. The van der Waals surface area contributed by atoms with Gasteiger partial charge in [0.15, 0.2) is 0 Å².